The molecule has 0 unspecified atom stereocenters. The first-order valence-electron chi connectivity index (χ1n) is 7.80. The van der Waals surface area contributed by atoms with Gasteiger partial charge < -0.3 is 10.1 Å². The molecule has 1 heterocycles. The summed E-state index contributed by atoms with van der Waals surface area (Å²) in [6, 6.07) is 12.5. The molecule has 25 heavy (non-hydrogen) atoms. The maximum atomic E-state index is 12.5. The number of hydrogen-bond acceptors (Lipinski definition) is 4. The lowest BCUT2D eigenvalue weighted by Crippen LogP contribution is -2.12. The minimum Gasteiger partial charge on any atom is -0.495 e. The van der Waals surface area contributed by atoms with Crippen molar-refractivity contribution in [1.82, 2.24) is 4.98 Å². The molecule has 0 bridgehead atoms. The first-order chi connectivity index (χ1) is 12.1. The van der Waals surface area contributed by atoms with Gasteiger partial charge in [0, 0.05) is 21.5 Å². The molecular formula is C19H17ClN2O2S. The van der Waals surface area contributed by atoms with Crippen molar-refractivity contribution in [1.29, 1.82) is 0 Å². The predicted molar refractivity (Wildman–Crippen MR) is 103 cm³/mol. The normalized spacial score (nSPS) is 10.5. The smallest absolute Gasteiger partial charge is 0.255 e. The van der Waals surface area contributed by atoms with E-state index >= 15 is 0 Å². The lowest BCUT2D eigenvalue weighted by molar-refractivity contribution is 0.102. The van der Waals surface area contributed by atoms with Gasteiger partial charge in [0.15, 0.2) is 0 Å². The number of carbonyl (C=O) groups excluding carboxylic acids is 1. The maximum absolute atomic E-state index is 12.5. The Balaban J connectivity index is 1.78. The fourth-order valence-electron chi connectivity index (χ4n) is 2.37. The molecule has 4 nitrogen and oxygen atoms in total. The van der Waals surface area contributed by atoms with E-state index in [1.165, 1.54) is 0 Å². The monoisotopic (exact) mass is 372 g/mol. The number of benzene rings is 2. The predicted octanol–water partition coefficient (Wildman–Crippen LogP) is 5.29. The van der Waals surface area contributed by atoms with Gasteiger partial charge >= 0.3 is 0 Å². The van der Waals surface area contributed by atoms with E-state index < -0.39 is 0 Å². The zero-order chi connectivity index (χ0) is 17.8. The van der Waals surface area contributed by atoms with Crippen LogP contribution in [0.4, 0.5) is 5.69 Å². The summed E-state index contributed by atoms with van der Waals surface area (Å²) >= 11 is 7.64. The molecule has 0 radical (unpaired) electrons. The number of halogens is 1. The quantitative estimate of drug-likeness (QED) is 0.662. The van der Waals surface area contributed by atoms with Crippen LogP contribution < -0.4 is 10.1 Å². The van der Waals surface area contributed by atoms with Gasteiger partial charge in [-0.15, -0.1) is 11.3 Å². The number of aryl methyl sites for hydroxylation is 1. The second-order valence-corrected chi connectivity index (χ2v) is 6.74. The van der Waals surface area contributed by atoms with Crippen LogP contribution in [0.2, 0.25) is 5.02 Å². The Kier molecular flexibility index (Phi) is 5.36. The lowest BCUT2D eigenvalue weighted by atomic mass is 10.1. The Bertz CT molecular complexity index is 891. The van der Waals surface area contributed by atoms with Crippen LogP contribution in [0.3, 0.4) is 0 Å². The van der Waals surface area contributed by atoms with Crippen LogP contribution in [0.15, 0.2) is 47.8 Å². The molecule has 128 valence electrons. The number of aromatic nitrogens is 1. The molecule has 3 rings (SSSR count). The number of nitrogens with zero attached hydrogens (tertiary/aromatic N) is 1. The van der Waals surface area contributed by atoms with E-state index in [0.29, 0.717) is 22.0 Å². The second kappa shape index (κ2) is 7.68. The van der Waals surface area contributed by atoms with Crippen LogP contribution in [-0.2, 0) is 6.42 Å². The van der Waals surface area contributed by atoms with Gasteiger partial charge in [-0.1, -0.05) is 30.7 Å². The molecule has 1 N–H and O–H groups in total. The summed E-state index contributed by atoms with van der Waals surface area (Å²) in [6.07, 6.45) is 0.923. The zero-order valence-corrected chi connectivity index (χ0v) is 15.4. The number of nitrogens with one attached hydrogen (secondary N) is 1. The van der Waals surface area contributed by atoms with E-state index in [2.05, 4.69) is 17.2 Å². The molecule has 0 aliphatic heterocycles. The molecule has 3 aromatic rings. The van der Waals surface area contributed by atoms with Crippen molar-refractivity contribution in [2.45, 2.75) is 13.3 Å². The Hall–Kier alpha value is -2.37. The van der Waals surface area contributed by atoms with Crippen molar-refractivity contribution in [2.24, 2.45) is 0 Å². The third kappa shape index (κ3) is 4.00. The molecule has 0 fully saturated rings. The first-order valence-corrected chi connectivity index (χ1v) is 9.06. The summed E-state index contributed by atoms with van der Waals surface area (Å²) < 4.78 is 5.25. The van der Waals surface area contributed by atoms with Crippen LogP contribution in [0.25, 0.3) is 11.3 Å². The van der Waals surface area contributed by atoms with Gasteiger partial charge in [-0.2, -0.15) is 0 Å². The Morgan fingerprint density at radius 2 is 2.00 bits per heavy atom. The second-order valence-electron chi connectivity index (χ2n) is 5.36. The van der Waals surface area contributed by atoms with Gasteiger partial charge in [0.05, 0.1) is 23.5 Å². The number of ether oxygens (including phenoxy) is 1. The molecule has 6 heteroatoms. The zero-order valence-electron chi connectivity index (χ0n) is 13.9. The highest BCUT2D eigenvalue weighted by molar-refractivity contribution is 7.09. The van der Waals surface area contributed by atoms with E-state index in [-0.39, 0.29) is 5.91 Å². The fraction of sp³-hybridized carbons (Fsp3) is 0.158. The van der Waals surface area contributed by atoms with Crippen molar-refractivity contribution >= 4 is 34.5 Å². The van der Waals surface area contributed by atoms with Gasteiger partial charge in [-0.25, -0.2) is 4.98 Å². The van der Waals surface area contributed by atoms with Crippen molar-refractivity contribution < 1.29 is 9.53 Å². The van der Waals surface area contributed by atoms with Gasteiger partial charge in [0.2, 0.25) is 0 Å². The van der Waals surface area contributed by atoms with Crippen molar-refractivity contribution in [3.63, 3.8) is 0 Å². The molecule has 0 atom stereocenters. The van der Waals surface area contributed by atoms with Crippen LogP contribution in [0.5, 0.6) is 5.75 Å². The summed E-state index contributed by atoms with van der Waals surface area (Å²) in [7, 11) is 1.55. The van der Waals surface area contributed by atoms with Crippen molar-refractivity contribution in [3.05, 3.63) is 63.4 Å². The minimum atomic E-state index is -0.223. The SMILES string of the molecule is CCc1nc(-c2ccc(C(=O)Nc3cc(Cl)ccc3OC)cc2)cs1. The third-order valence-electron chi connectivity index (χ3n) is 3.71. The number of carbonyl (C=O) groups is 1. The maximum Gasteiger partial charge on any atom is 0.255 e. The van der Waals surface area contributed by atoms with E-state index in [1.54, 1.807) is 48.8 Å². The number of anilines is 1. The number of rotatable bonds is 5. The number of amides is 1. The Morgan fingerprint density at radius 1 is 1.24 bits per heavy atom. The largest absolute Gasteiger partial charge is 0.495 e. The van der Waals surface area contributed by atoms with E-state index in [4.69, 9.17) is 16.3 Å². The van der Waals surface area contributed by atoms with E-state index in [9.17, 15) is 4.79 Å². The Morgan fingerprint density at radius 3 is 2.64 bits per heavy atom. The summed E-state index contributed by atoms with van der Waals surface area (Å²) in [5, 5.41) is 6.49. The molecule has 0 saturated carbocycles. The number of methoxy groups -OCH3 is 1. The molecule has 0 saturated heterocycles. The fourth-order valence-corrected chi connectivity index (χ4v) is 3.30. The minimum absolute atomic E-state index is 0.223. The highest BCUT2D eigenvalue weighted by Crippen LogP contribution is 2.28. The van der Waals surface area contributed by atoms with Crippen LogP contribution in [-0.4, -0.2) is 18.0 Å². The molecule has 2 aromatic carbocycles. The van der Waals surface area contributed by atoms with Gasteiger partial charge in [0.1, 0.15) is 5.75 Å². The average molecular weight is 373 g/mol. The third-order valence-corrected chi connectivity index (χ3v) is 4.94. The molecule has 1 aromatic heterocycles. The Labute approximate surface area is 155 Å². The molecular weight excluding hydrogens is 356 g/mol. The van der Waals surface area contributed by atoms with Gasteiger partial charge in [-0.3, -0.25) is 4.79 Å². The highest BCUT2D eigenvalue weighted by atomic mass is 35.5. The molecule has 0 spiro atoms. The summed E-state index contributed by atoms with van der Waals surface area (Å²) in [6.45, 7) is 2.08. The molecule has 0 aliphatic carbocycles. The van der Waals surface area contributed by atoms with E-state index in [0.717, 1.165) is 22.7 Å². The van der Waals surface area contributed by atoms with Crippen molar-refractivity contribution in [3.8, 4) is 17.0 Å². The highest BCUT2D eigenvalue weighted by Gasteiger charge is 2.11. The lowest BCUT2D eigenvalue weighted by Gasteiger charge is -2.10. The van der Waals surface area contributed by atoms with E-state index in [1.807, 2.05) is 17.5 Å². The molecule has 0 aliphatic rings. The summed E-state index contributed by atoms with van der Waals surface area (Å²) in [5.74, 6) is 0.337. The van der Waals surface area contributed by atoms with Gasteiger partial charge in [-0.05, 0) is 36.8 Å². The standard InChI is InChI=1S/C19H17ClN2O2S/c1-3-18-21-16(11-25-18)12-4-6-13(7-5-12)19(23)22-15-10-14(20)8-9-17(15)24-2/h4-11H,3H2,1-2H3,(H,22,23). The average Bonchev–Trinajstić information content (AvgIpc) is 3.11. The van der Waals surface area contributed by atoms with Crippen LogP contribution in [0, 0.1) is 0 Å². The van der Waals surface area contributed by atoms with Gasteiger partial charge in [0.25, 0.3) is 5.91 Å². The van der Waals surface area contributed by atoms with Crippen LogP contribution >= 0.6 is 22.9 Å². The topological polar surface area (TPSA) is 51.2 Å². The number of thiazole rings is 1. The van der Waals surface area contributed by atoms with Crippen molar-refractivity contribution in [2.75, 3.05) is 12.4 Å². The summed E-state index contributed by atoms with van der Waals surface area (Å²) in [4.78, 5) is 17.0. The summed E-state index contributed by atoms with van der Waals surface area (Å²) in [5.41, 5.74) is 3.02. The first kappa shape index (κ1) is 17.5. The van der Waals surface area contributed by atoms with Crippen LogP contribution in [0.1, 0.15) is 22.3 Å². The number of hydrogen-bond donors (Lipinski definition) is 1. The molecule has 1 amide bonds.